The molecular formula is C18H34N4O3S. The topological polar surface area (TPSA) is 64.2 Å². The molecule has 150 valence electrons. The number of hydrogen-bond donors (Lipinski definition) is 0. The predicted molar refractivity (Wildman–Crippen MR) is 102 cm³/mol. The number of carbonyl (C=O) groups is 1. The van der Waals surface area contributed by atoms with Crippen LogP contribution in [0.25, 0.3) is 0 Å². The number of carbonyl (C=O) groups excluding carboxylic acids is 1. The monoisotopic (exact) mass is 386 g/mol. The lowest BCUT2D eigenvalue weighted by molar-refractivity contribution is -0.138. The normalized spacial score (nSPS) is 28.0. The van der Waals surface area contributed by atoms with Crippen molar-refractivity contribution in [1.82, 2.24) is 18.4 Å². The number of nitrogens with zero attached hydrogens (tertiary/aromatic N) is 4. The molecule has 26 heavy (non-hydrogen) atoms. The van der Waals surface area contributed by atoms with Crippen molar-refractivity contribution in [3.05, 3.63) is 0 Å². The molecule has 0 aromatic carbocycles. The molecule has 3 aliphatic rings. The van der Waals surface area contributed by atoms with E-state index in [-0.39, 0.29) is 11.8 Å². The van der Waals surface area contributed by atoms with Crippen molar-refractivity contribution in [3.63, 3.8) is 0 Å². The van der Waals surface area contributed by atoms with Crippen molar-refractivity contribution < 1.29 is 13.2 Å². The van der Waals surface area contributed by atoms with Crippen LogP contribution in [0.2, 0.25) is 0 Å². The Labute approximate surface area is 158 Å². The fourth-order valence-corrected chi connectivity index (χ4v) is 6.11. The molecule has 0 spiro atoms. The molecule has 3 rings (SSSR count). The van der Waals surface area contributed by atoms with E-state index in [1.807, 2.05) is 4.90 Å². The first-order valence-corrected chi connectivity index (χ1v) is 11.7. The van der Waals surface area contributed by atoms with Gasteiger partial charge in [0.1, 0.15) is 0 Å². The molecule has 3 saturated heterocycles. The van der Waals surface area contributed by atoms with Gasteiger partial charge in [0.05, 0.1) is 5.92 Å². The summed E-state index contributed by atoms with van der Waals surface area (Å²) in [6, 6.07) is 0. The molecule has 0 aromatic rings. The van der Waals surface area contributed by atoms with Crippen molar-refractivity contribution in [1.29, 1.82) is 0 Å². The van der Waals surface area contributed by atoms with Crippen LogP contribution in [0.1, 0.15) is 45.4 Å². The van der Waals surface area contributed by atoms with Crippen LogP contribution in [0.5, 0.6) is 0 Å². The zero-order valence-electron chi connectivity index (χ0n) is 16.1. The molecule has 1 unspecified atom stereocenters. The third-order valence-electron chi connectivity index (χ3n) is 6.08. The van der Waals surface area contributed by atoms with Crippen molar-refractivity contribution in [2.75, 3.05) is 58.9 Å². The fourth-order valence-electron chi connectivity index (χ4n) is 4.33. The van der Waals surface area contributed by atoms with Crippen molar-refractivity contribution in [3.8, 4) is 0 Å². The molecule has 7 nitrogen and oxygen atoms in total. The zero-order valence-corrected chi connectivity index (χ0v) is 16.9. The minimum atomic E-state index is -3.43. The van der Waals surface area contributed by atoms with Crippen LogP contribution >= 0.6 is 0 Å². The first-order valence-electron chi connectivity index (χ1n) is 10.3. The maximum atomic E-state index is 13.0. The molecule has 0 radical (unpaired) electrons. The summed E-state index contributed by atoms with van der Waals surface area (Å²) in [5, 5.41) is 0. The van der Waals surface area contributed by atoms with Crippen molar-refractivity contribution >= 4 is 16.1 Å². The van der Waals surface area contributed by atoms with E-state index in [1.165, 1.54) is 0 Å². The van der Waals surface area contributed by atoms with E-state index in [2.05, 4.69) is 11.8 Å². The smallest absolute Gasteiger partial charge is 0.281 e. The second-order valence-electron chi connectivity index (χ2n) is 7.78. The zero-order chi connectivity index (χ0) is 18.6. The maximum absolute atomic E-state index is 13.0. The van der Waals surface area contributed by atoms with E-state index in [9.17, 15) is 13.2 Å². The summed E-state index contributed by atoms with van der Waals surface area (Å²) in [6.07, 6.45) is 5.68. The second kappa shape index (κ2) is 8.99. The van der Waals surface area contributed by atoms with Gasteiger partial charge in [-0.05, 0) is 32.2 Å². The number of piperidine rings is 1. The summed E-state index contributed by atoms with van der Waals surface area (Å²) in [6.45, 7) is 8.68. The summed E-state index contributed by atoms with van der Waals surface area (Å²) in [7, 11) is -3.43. The van der Waals surface area contributed by atoms with Crippen molar-refractivity contribution in [2.45, 2.75) is 45.4 Å². The van der Waals surface area contributed by atoms with Gasteiger partial charge in [0, 0.05) is 52.4 Å². The number of hydrogen-bond acceptors (Lipinski definition) is 4. The molecule has 3 aliphatic heterocycles. The Morgan fingerprint density at radius 3 is 2.08 bits per heavy atom. The van der Waals surface area contributed by atoms with Gasteiger partial charge in [0.2, 0.25) is 5.91 Å². The molecule has 8 heteroatoms. The predicted octanol–water partition coefficient (Wildman–Crippen LogP) is 0.983. The molecule has 0 bridgehead atoms. The van der Waals surface area contributed by atoms with Gasteiger partial charge in [0.25, 0.3) is 10.2 Å². The van der Waals surface area contributed by atoms with E-state index >= 15 is 0 Å². The van der Waals surface area contributed by atoms with E-state index in [4.69, 9.17) is 0 Å². The van der Waals surface area contributed by atoms with Gasteiger partial charge in [0.15, 0.2) is 0 Å². The van der Waals surface area contributed by atoms with Gasteiger partial charge in [-0.2, -0.15) is 17.0 Å². The first-order chi connectivity index (χ1) is 12.5. The average molecular weight is 387 g/mol. The quantitative estimate of drug-likeness (QED) is 0.723. The lowest BCUT2D eigenvalue weighted by Crippen LogP contribution is -2.54. The molecule has 0 aromatic heterocycles. The Morgan fingerprint density at radius 2 is 1.46 bits per heavy atom. The van der Waals surface area contributed by atoms with Gasteiger partial charge in [-0.1, -0.05) is 19.8 Å². The van der Waals surface area contributed by atoms with E-state index < -0.39 is 10.2 Å². The number of rotatable bonds is 4. The minimum Gasteiger partial charge on any atom is -0.340 e. The summed E-state index contributed by atoms with van der Waals surface area (Å²) in [5.74, 6) is -0.0322. The number of likely N-dealkylation sites (N-methyl/N-ethyl adjacent to an activating group) is 1. The Bertz CT molecular complexity index is 567. The molecule has 0 aliphatic carbocycles. The van der Waals surface area contributed by atoms with Crippen LogP contribution in [0.3, 0.4) is 0 Å². The molecule has 0 saturated carbocycles. The highest BCUT2D eigenvalue weighted by Gasteiger charge is 2.37. The summed E-state index contributed by atoms with van der Waals surface area (Å²) in [5.41, 5.74) is 0. The maximum Gasteiger partial charge on any atom is 0.281 e. The lowest BCUT2D eigenvalue weighted by Gasteiger charge is -2.39. The molecule has 1 atom stereocenters. The van der Waals surface area contributed by atoms with Gasteiger partial charge in [-0.3, -0.25) is 4.79 Å². The van der Waals surface area contributed by atoms with Gasteiger partial charge < -0.3 is 9.80 Å². The van der Waals surface area contributed by atoms with Crippen LogP contribution in [0.4, 0.5) is 0 Å². The number of piperazine rings is 1. The van der Waals surface area contributed by atoms with Gasteiger partial charge in [-0.25, -0.2) is 0 Å². The van der Waals surface area contributed by atoms with Crippen LogP contribution < -0.4 is 0 Å². The Kier molecular flexibility index (Phi) is 6.93. The van der Waals surface area contributed by atoms with E-state index in [1.54, 1.807) is 8.61 Å². The highest BCUT2D eigenvalue weighted by atomic mass is 32.2. The largest absolute Gasteiger partial charge is 0.340 e. The molecule has 1 amide bonds. The number of amides is 1. The lowest BCUT2D eigenvalue weighted by atomic mass is 9.98. The van der Waals surface area contributed by atoms with Gasteiger partial charge in [-0.15, -0.1) is 0 Å². The summed E-state index contributed by atoms with van der Waals surface area (Å²) >= 11 is 0. The molecular weight excluding hydrogens is 352 g/mol. The van der Waals surface area contributed by atoms with E-state index in [0.717, 1.165) is 71.2 Å². The van der Waals surface area contributed by atoms with Crippen LogP contribution in [0, 0.1) is 5.92 Å². The van der Waals surface area contributed by atoms with Crippen LogP contribution in [-0.4, -0.2) is 91.6 Å². The standard InChI is InChI=1S/C18H34N4O3S/c1-2-19-12-14-20(15-13-19)18(23)17-8-7-11-22(16-17)26(24,25)21-9-5-3-4-6-10-21/h17H,2-16H2,1H3. The fraction of sp³-hybridized carbons (Fsp3) is 0.944. The average Bonchev–Trinajstić information content (AvgIpc) is 2.98. The second-order valence-corrected chi connectivity index (χ2v) is 9.71. The first kappa shape index (κ1) is 20.0. The Balaban J connectivity index is 1.60. The Hall–Kier alpha value is -0.700. The summed E-state index contributed by atoms with van der Waals surface area (Å²) < 4.78 is 29.3. The molecule has 0 N–H and O–H groups in total. The summed E-state index contributed by atoms with van der Waals surface area (Å²) in [4.78, 5) is 17.2. The Morgan fingerprint density at radius 1 is 0.846 bits per heavy atom. The molecule has 3 heterocycles. The van der Waals surface area contributed by atoms with Crippen LogP contribution in [0.15, 0.2) is 0 Å². The SMILES string of the molecule is CCN1CCN(C(=O)C2CCCN(S(=O)(=O)N3CCCCCC3)C2)CC1. The molecule has 3 fully saturated rings. The van der Waals surface area contributed by atoms with Gasteiger partial charge >= 0.3 is 0 Å². The highest BCUT2D eigenvalue weighted by molar-refractivity contribution is 7.86. The highest BCUT2D eigenvalue weighted by Crippen LogP contribution is 2.25. The third kappa shape index (κ3) is 4.58. The third-order valence-corrected chi connectivity index (χ3v) is 8.08. The van der Waals surface area contributed by atoms with E-state index in [0.29, 0.717) is 26.2 Å². The van der Waals surface area contributed by atoms with Crippen LogP contribution in [-0.2, 0) is 15.0 Å². The van der Waals surface area contributed by atoms with Crippen molar-refractivity contribution in [2.24, 2.45) is 5.92 Å². The minimum absolute atomic E-state index is 0.150.